The van der Waals surface area contributed by atoms with Crippen LogP contribution < -0.4 is 0 Å². The zero-order valence-corrected chi connectivity index (χ0v) is 17.8. The topological polar surface area (TPSA) is 45.3 Å². The van der Waals surface area contributed by atoms with Gasteiger partial charge in [0, 0.05) is 58.5 Å². The predicted molar refractivity (Wildman–Crippen MR) is 109 cm³/mol. The average Bonchev–Trinajstić information content (AvgIpc) is 2.70. The molecule has 2 fully saturated rings. The van der Waals surface area contributed by atoms with E-state index >= 15 is 0 Å². The number of ether oxygens (including phenoxy) is 2. The van der Waals surface area contributed by atoms with Crippen molar-refractivity contribution in [2.75, 3.05) is 72.2 Å². The van der Waals surface area contributed by atoms with Crippen LogP contribution in [0.3, 0.4) is 0 Å². The van der Waals surface area contributed by atoms with Gasteiger partial charge in [0.2, 0.25) is 5.91 Å². The van der Waals surface area contributed by atoms with E-state index < -0.39 is 0 Å². The van der Waals surface area contributed by atoms with E-state index in [2.05, 4.69) is 30.6 Å². The molecule has 0 aromatic rings. The molecule has 27 heavy (non-hydrogen) atoms. The van der Waals surface area contributed by atoms with Gasteiger partial charge in [0.25, 0.3) is 0 Å². The van der Waals surface area contributed by atoms with Crippen molar-refractivity contribution in [3.8, 4) is 0 Å². The average molecular weight is 384 g/mol. The lowest BCUT2D eigenvalue weighted by Crippen LogP contribution is -2.49. The second kappa shape index (κ2) is 12.7. The molecule has 2 aliphatic rings. The summed E-state index contributed by atoms with van der Waals surface area (Å²) >= 11 is 0. The van der Waals surface area contributed by atoms with Crippen molar-refractivity contribution in [2.24, 2.45) is 5.92 Å². The van der Waals surface area contributed by atoms with Crippen LogP contribution in [-0.2, 0) is 14.3 Å². The number of hydrogen-bond acceptors (Lipinski definition) is 5. The van der Waals surface area contributed by atoms with E-state index in [4.69, 9.17) is 9.47 Å². The lowest BCUT2D eigenvalue weighted by Gasteiger charge is -2.36. The van der Waals surface area contributed by atoms with Gasteiger partial charge in [-0.2, -0.15) is 0 Å². The Hall–Kier alpha value is -0.690. The van der Waals surface area contributed by atoms with E-state index in [1.54, 1.807) is 0 Å². The molecule has 0 aliphatic carbocycles. The first kappa shape index (κ1) is 22.6. The molecule has 2 rings (SSSR count). The largest absolute Gasteiger partial charge is 0.379 e. The summed E-state index contributed by atoms with van der Waals surface area (Å²) in [5.41, 5.74) is 0. The Labute approximate surface area is 166 Å². The molecule has 0 atom stereocenters. The fraction of sp³-hybridized carbons (Fsp3) is 0.952. The smallest absolute Gasteiger partial charge is 0.248 e. The first-order valence-electron chi connectivity index (χ1n) is 11.0. The molecule has 6 heteroatoms. The number of amides is 1. The zero-order valence-electron chi connectivity index (χ0n) is 17.8. The number of piperidine rings is 1. The highest BCUT2D eigenvalue weighted by atomic mass is 16.5. The third-order valence-electron chi connectivity index (χ3n) is 6.04. The van der Waals surface area contributed by atoms with E-state index in [1.165, 1.54) is 32.6 Å². The molecule has 0 radical (unpaired) electrons. The predicted octanol–water partition coefficient (Wildman–Crippen LogP) is 2.08. The highest BCUT2D eigenvalue weighted by Crippen LogP contribution is 2.19. The van der Waals surface area contributed by atoms with Crippen molar-refractivity contribution < 1.29 is 14.3 Å². The summed E-state index contributed by atoms with van der Waals surface area (Å²) < 4.78 is 11.2. The van der Waals surface area contributed by atoms with Crippen molar-refractivity contribution in [1.29, 1.82) is 0 Å². The fourth-order valence-electron chi connectivity index (χ4n) is 3.95. The summed E-state index contributed by atoms with van der Waals surface area (Å²) in [4.78, 5) is 19.1. The molecule has 0 spiro atoms. The maximum Gasteiger partial charge on any atom is 0.248 e. The molecule has 2 heterocycles. The number of piperazine rings is 1. The Morgan fingerprint density at radius 3 is 2.26 bits per heavy atom. The molecule has 0 saturated carbocycles. The lowest BCUT2D eigenvalue weighted by molar-refractivity contribution is -0.138. The van der Waals surface area contributed by atoms with Crippen LogP contribution in [0.15, 0.2) is 0 Å². The van der Waals surface area contributed by atoms with E-state index in [0.717, 1.165) is 51.4 Å². The van der Waals surface area contributed by atoms with Crippen LogP contribution in [0.2, 0.25) is 0 Å². The minimum Gasteiger partial charge on any atom is -0.379 e. The Bertz CT molecular complexity index is 403. The Balaban J connectivity index is 1.39. The van der Waals surface area contributed by atoms with E-state index in [9.17, 15) is 4.79 Å². The summed E-state index contributed by atoms with van der Waals surface area (Å²) in [6, 6.07) is 0.658. The van der Waals surface area contributed by atoms with Crippen LogP contribution in [0, 0.1) is 5.92 Å². The number of hydrogen-bond donors (Lipinski definition) is 0. The molecule has 158 valence electrons. The zero-order chi connectivity index (χ0) is 19.5. The van der Waals surface area contributed by atoms with Crippen LogP contribution in [0.5, 0.6) is 0 Å². The fourth-order valence-corrected chi connectivity index (χ4v) is 3.95. The molecule has 2 saturated heterocycles. The van der Waals surface area contributed by atoms with Gasteiger partial charge in [0.1, 0.15) is 6.61 Å². The molecule has 0 bridgehead atoms. The number of rotatable bonds is 11. The van der Waals surface area contributed by atoms with Gasteiger partial charge in [-0.05, 0) is 39.0 Å². The number of carbonyl (C=O) groups is 1. The minimum atomic E-state index is 0.130. The van der Waals surface area contributed by atoms with Gasteiger partial charge in [0.05, 0.1) is 13.2 Å². The maximum absolute atomic E-state index is 12.1. The van der Waals surface area contributed by atoms with Gasteiger partial charge in [-0.1, -0.05) is 13.3 Å². The van der Waals surface area contributed by atoms with E-state index in [-0.39, 0.29) is 12.5 Å². The molecule has 0 unspecified atom stereocenters. The highest BCUT2D eigenvalue weighted by Gasteiger charge is 2.21. The molecule has 1 amide bonds. The van der Waals surface area contributed by atoms with Gasteiger partial charge in [-0.3, -0.25) is 9.69 Å². The standard InChI is InChI=1S/C21H41N3O3/c1-4-20-6-9-24(10-7-20)21(25)18-27-17-16-26-15-5-8-22-11-13-23(14-12-22)19(2)3/h19-20H,4-18H2,1-3H3. The quantitative estimate of drug-likeness (QED) is 0.511. The lowest BCUT2D eigenvalue weighted by atomic mass is 9.94. The van der Waals surface area contributed by atoms with Crippen molar-refractivity contribution >= 4 is 5.91 Å². The number of likely N-dealkylation sites (tertiary alicyclic amines) is 1. The second-order valence-corrected chi connectivity index (χ2v) is 8.22. The summed E-state index contributed by atoms with van der Waals surface area (Å²) in [7, 11) is 0. The maximum atomic E-state index is 12.1. The van der Waals surface area contributed by atoms with E-state index in [0.29, 0.717) is 19.3 Å². The third kappa shape index (κ3) is 8.46. The summed E-state index contributed by atoms with van der Waals surface area (Å²) in [5, 5.41) is 0. The molecule has 0 aromatic heterocycles. The normalized spacial score (nSPS) is 20.5. The molecule has 0 aromatic carbocycles. The van der Waals surface area contributed by atoms with Gasteiger partial charge >= 0.3 is 0 Å². The van der Waals surface area contributed by atoms with Crippen molar-refractivity contribution in [2.45, 2.75) is 52.5 Å². The Kier molecular flexibility index (Phi) is 10.6. The summed E-state index contributed by atoms with van der Waals surface area (Å²) in [6.45, 7) is 16.4. The Morgan fingerprint density at radius 2 is 1.63 bits per heavy atom. The summed E-state index contributed by atoms with van der Waals surface area (Å²) in [6.07, 6.45) is 4.56. The van der Waals surface area contributed by atoms with Gasteiger partial charge in [-0.25, -0.2) is 0 Å². The van der Waals surface area contributed by atoms with Crippen LogP contribution >= 0.6 is 0 Å². The van der Waals surface area contributed by atoms with Crippen molar-refractivity contribution in [3.05, 3.63) is 0 Å². The van der Waals surface area contributed by atoms with Crippen LogP contribution in [-0.4, -0.2) is 98.9 Å². The molecule has 0 N–H and O–H groups in total. The third-order valence-corrected chi connectivity index (χ3v) is 6.04. The monoisotopic (exact) mass is 383 g/mol. The number of nitrogens with zero attached hydrogens (tertiary/aromatic N) is 3. The molecule has 2 aliphatic heterocycles. The van der Waals surface area contributed by atoms with Gasteiger partial charge < -0.3 is 19.3 Å². The highest BCUT2D eigenvalue weighted by molar-refractivity contribution is 5.77. The molecular formula is C21H41N3O3. The molecule has 6 nitrogen and oxygen atoms in total. The minimum absolute atomic E-state index is 0.130. The molecular weight excluding hydrogens is 342 g/mol. The van der Waals surface area contributed by atoms with Crippen LogP contribution in [0.25, 0.3) is 0 Å². The van der Waals surface area contributed by atoms with Gasteiger partial charge in [-0.15, -0.1) is 0 Å². The Morgan fingerprint density at radius 1 is 0.963 bits per heavy atom. The first-order valence-corrected chi connectivity index (χ1v) is 11.0. The summed E-state index contributed by atoms with van der Waals surface area (Å²) in [5.74, 6) is 0.924. The van der Waals surface area contributed by atoms with Crippen LogP contribution in [0.4, 0.5) is 0 Å². The number of carbonyl (C=O) groups excluding carboxylic acids is 1. The van der Waals surface area contributed by atoms with Gasteiger partial charge in [0.15, 0.2) is 0 Å². The van der Waals surface area contributed by atoms with Crippen molar-refractivity contribution in [1.82, 2.24) is 14.7 Å². The van der Waals surface area contributed by atoms with Crippen molar-refractivity contribution in [3.63, 3.8) is 0 Å². The first-order chi connectivity index (χ1) is 13.1. The SMILES string of the molecule is CCC1CCN(C(=O)COCCOCCCN2CCN(C(C)C)CC2)CC1. The van der Waals surface area contributed by atoms with E-state index in [1.807, 2.05) is 4.90 Å². The van der Waals surface area contributed by atoms with Crippen LogP contribution in [0.1, 0.15) is 46.5 Å². The second-order valence-electron chi connectivity index (χ2n) is 8.22.